The van der Waals surface area contributed by atoms with E-state index in [4.69, 9.17) is 16.6 Å². The third kappa shape index (κ3) is 3.29. The van der Waals surface area contributed by atoms with E-state index in [1.54, 1.807) is 23.5 Å². The van der Waals surface area contributed by atoms with Crippen molar-refractivity contribution in [2.24, 2.45) is 0 Å². The fourth-order valence-electron chi connectivity index (χ4n) is 2.71. The van der Waals surface area contributed by atoms with Crippen molar-refractivity contribution < 1.29 is 5.11 Å². The minimum absolute atomic E-state index is 0.240. The van der Waals surface area contributed by atoms with Crippen LogP contribution in [-0.2, 0) is 0 Å². The Labute approximate surface area is 155 Å². The first-order chi connectivity index (χ1) is 12.2. The highest BCUT2D eigenvalue weighted by Crippen LogP contribution is 2.34. The lowest BCUT2D eigenvalue weighted by Gasteiger charge is -2.10. The summed E-state index contributed by atoms with van der Waals surface area (Å²) in [7, 11) is 0. The van der Waals surface area contributed by atoms with Crippen LogP contribution in [0.15, 0.2) is 77.5 Å². The minimum Gasteiger partial charge on any atom is -0.508 e. The fraction of sp³-hybridized carbons (Fsp3) is 0. The molecule has 4 rings (SSSR count). The number of halogens is 1. The molecule has 0 aliphatic heterocycles. The summed E-state index contributed by atoms with van der Waals surface area (Å²) in [6.07, 6.45) is 0. The summed E-state index contributed by atoms with van der Waals surface area (Å²) in [5, 5.41) is 14.4. The molecule has 2 heterocycles. The maximum atomic E-state index is 9.54. The Hall–Kier alpha value is -2.62. The molecule has 25 heavy (non-hydrogen) atoms. The maximum absolute atomic E-state index is 9.54. The first-order valence-electron chi connectivity index (χ1n) is 7.80. The summed E-state index contributed by atoms with van der Waals surface area (Å²) in [4.78, 5) is 4.81. The van der Waals surface area contributed by atoms with Crippen molar-refractivity contribution in [2.75, 3.05) is 0 Å². The Bertz CT molecular complexity index is 1010. The normalized spacial score (nSPS) is 10.8. The van der Waals surface area contributed by atoms with Crippen LogP contribution in [0.4, 0.5) is 0 Å². The van der Waals surface area contributed by atoms with Gasteiger partial charge in [-0.05, 0) is 70.4 Å². The Morgan fingerprint density at radius 3 is 2.28 bits per heavy atom. The Morgan fingerprint density at radius 2 is 1.56 bits per heavy atom. The van der Waals surface area contributed by atoms with Gasteiger partial charge in [-0.1, -0.05) is 29.8 Å². The molecule has 2 aromatic heterocycles. The average Bonchev–Trinajstić information content (AvgIpc) is 3.17. The van der Waals surface area contributed by atoms with Crippen LogP contribution in [0.3, 0.4) is 0 Å². The molecule has 0 amide bonds. The molecule has 0 radical (unpaired) electrons. The van der Waals surface area contributed by atoms with Gasteiger partial charge in [-0.15, -0.1) is 0 Å². The Morgan fingerprint density at radius 1 is 0.800 bits per heavy atom. The van der Waals surface area contributed by atoms with Crippen molar-refractivity contribution in [3.05, 3.63) is 82.5 Å². The second kappa shape index (κ2) is 6.71. The second-order valence-corrected chi connectivity index (χ2v) is 6.85. The molecule has 0 aliphatic rings. The van der Waals surface area contributed by atoms with Gasteiger partial charge in [0, 0.05) is 16.1 Å². The number of hydrogen-bond donors (Lipinski definition) is 1. The van der Waals surface area contributed by atoms with E-state index in [9.17, 15) is 5.11 Å². The molecule has 1 N–H and O–H groups in total. The number of pyridine rings is 1. The van der Waals surface area contributed by atoms with Crippen LogP contribution in [0.5, 0.6) is 5.75 Å². The largest absolute Gasteiger partial charge is 0.508 e. The van der Waals surface area contributed by atoms with Crippen molar-refractivity contribution in [2.45, 2.75) is 0 Å². The van der Waals surface area contributed by atoms with E-state index in [2.05, 4.69) is 29.0 Å². The predicted octanol–water partition coefficient (Wildman–Crippen LogP) is 6.50. The third-order valence-electron chi connectivity index (χ3n) is 3.99. The number of benzene rings is 2. The van der Waals surface area contributed by atoms with Gasteiger partial charge in [0.15, 0.2) is 0 Å². The lowest BCUT2D eigenvalue weighted by atomic mass is 10.0. The van der Waals surface area contributed by atoms with Crippen molar-refractivity contribution in [3.8, 4) is 39.4 Å². The van der Waals surface area contributed by atoms with E-state index in [1.165, 1.54) is 0 Å². The molecule has 0 fully saturated rings. The molecule has 0 saturated carbocycles. The monoisotopic (exact) mass is 363 g/mol. The van der Waals surface area contributed by atoms with E-state index in [1.807, 2.05) is 36.4 Å². The lowest BCUT2D eigenvalue weighted by Crippen LogP contribution is -1.91. The number of nitrogens with zero attached hydrogens (tertiary/aromatic N) is 1. The van der Waals surface area contributed by atoms with E-state index in [-0.39, 0.29) is 5.75 Å². The first-order valence-corrected chi connectivity index (χ1v) is 9.12. The SMILES string of the molecule is Oc1ccc(-c2cc(-c3ccsc3)cc(-c3ccccc3Cl)n2)cc1. The molecule has 0 aliphatic carbocycles. The van der Waals surface area contributed by atoms with Crippen LogP contribution >= 0.6 is 22.9 Å². The van der Waals surface area contributed by atoms with Gasteiger partial charge < -0.3 is 5.11 Å². The standard InChI is InChI=1S/C21H14ClNOS/c22-19-4-2-1-3-18(19)21-12-16(15-9-10-25-13-15)11-20(23-21)14-5-7-17(24)8-6-14/h1-13,24H. The number of phenols is 1. The van der Waals surface area contributed by atoms with E-state index < -0.39 is 0 Å². The number of thiophene rings is 1. The van der Waals surface area contributed by atoms with E-state index in [0.717, 1.165) is 33.6 Å². The molecule has 4 heteroatoms. The summed E-state index contributed by atoms with van der Waals surface area (Å²) >= 11 is 8.05. The van der Waals surface area contributed by atoms with Crippen LogP contribution in [-0.4, -0.2) is 10.1 Å². The summed E-state index contributed by atoms with van der Waals surface area (Å²) in [6, 6.07) is 21.0. The second-order valence-electron chi connectivity index (χ2n) is 5.67. The van der Waals surface area contributed by atoms with Gasteiger partial charge in [0.25, 0.3) is 0 Å². The Balaban J connectivity index is 1.92. The maximum Gasteiger partial charge on any atom is 0.115 e. The van der Waals surface area contributed by atoms with Crippen molar-refractivity contribution in [1.82, 2.24) is 4.98 Å². The zero-order chi connectivity index (χ0) is 17.2. The molecular weight excluding hydrogens is 350 g/mol. The number of aromatic nitrogens is 1. The smallest absolute Gasteiger partial charge is 0.115 e. The highest BCUT2D eigenvalue weighted by atomic mass is 35.5. The summed E-state index contributed by atoms with van der Waals surface area (Å²) in [5.41, 5.74) is 5.77. The molecule has 0 atom stereocenters. The molecule has 0 saturated heterocycles. The van der Waals surface area contributed by atoms with Gasteiger partial charge in [0.1, 0.15) is 5.75 Å². The quantitative estimate of drug-likeness (QED) is 0.450. The molecular formula is C21H14ClNOS. The Kier molecular flexibility index (Phi) is 4.26. The van der Waals surface area contributed by atoms with Crippen LogP contribution < -0.4 is 0 Å². The van der Waals surface area contributed by atoms with E-state index in [0.29, 0.717) is 5.02 Å². The molecule has 2 nitrogen and oxygen atoms in total. The first kappa shape index (κ1) is 15.9. The van der Waals surface area contributed by atoms with Crippen LogP contribution in [0.1, 0.15) is 0 Å². The van der Waals surface area contributed by atoms with Crippen LogP contribution in [0.25, 0.3) is 33.6 Å². The predicted molar refractivity (Wildman–Crippen MR) is 105 cm³/mol. The zero-order valence-electron chi connectivity index (χ0n) is 13.2. The number of rotatable bonds is 3. The minimum atomic E-state index is 0.240. The molecule has 4 aromatic rings. The summed E-state index contributed by atoms with van der Waals surface area (Å²) in [6.45, 7) is 0. The molecule has 0 spiro atoms. The molecule has 2 aromatic carbocycles. The van der Waals surface area contributed by atoms with Crippen molar-refractivity contribution in [1.29, 1.82) is 0 Å². The summed E-state index contributed by atoms with van der Waals surface area (Å²) < 4.78 is 0. The lowest BCUT2D eigenvalue weighted by molar-refractivity contribution is 0.475. The van der Waals surface area contributed by atoms with Gasteiger partial charge in [0.05, 0.1) is 11.4 Å². The van der Waals surface area contributed by atoms with Crippen molar-refractivity contribution >= 4 is 22.9 Å². The van der Waals surface area contributed by atoms with Gasteiger partial charge in [-0.3, -0.25) is 0 Å². The third-order valence-corrected chi connectivity index (χ3v) is 5.01. The summed E-state index contributed by atoms with van der Waals surface area (Å²) in [5.74, 6) is 0.240. The van der Waals surface area contributed by atoms with Gasteiger partial charge >= 0.3 is 0 Å². The fourth-order valence-corrected chi connectivity index (χ4v) is 3.61. The van der Waals surface area contributed by atoms with E-state index >= 15 is 0 Å². The van der Waals surface area contributed by atoms with Crippen LogP contribution in [0.2, 0.25) is 5.02 Å². The number of phenolic OH excluding ortho intramolecular Hbond substituents is 1. The average molecular weight is 364 g/mol. The molecule has 122 valence electrons. The highest BCUT2D eigenvalue weighted by Gasteiger charge is 2.11. The van der Waals surface area contributed by atoms with Gasteiger partial charge in [-0.25, -0.2) is 4.98 Å². The topological polar surface area (TPSA) is 33.1 Å². The number of aromatic hydroxyl groups is 1. The van der Waals surface area contributed by atoms with Gasteiger partial charge in [0.2, 0.25) is 0 Å². The van der Waals surface area contributed by atoms with Crippen molar-refractivity contribution in [3.63, 3.8) is 0 Å². The molecule has 0 unspecified atom stereocenters. The molecule has 0 bridgehead atoms. The number of hydrogen-bond acceptors (Lipinski definition) is 3. The highest BCUT2D eigenvalue weighted by molar-refractivity contribution is 7.08. The van der Waals surface area contributed by atoms with Gasteiger partial charge in [-0.2, -0.15) is 11.3 Å². The van der Waals surface area contributed by atoms with Crippen LogP contribution in [0, 0.1) is 0 Å². The zero-order valence-corrected chi connectivity index (χ0v) is 14.8.